The minimum atomic E-state index is 0.0267. The van der Waals surface area contributed by atoms with E-state index in [0.717, 1.165) is 53.2 Å². The van der Waals surface area contributed by atoms with Crippen molar-refractivity contribution in [3.05, 3.63) is 42.1 Å². The number of hydrogen-bond acceptors (Lipinski definition) is 5. The Morgan fingerprint density at radius 3 is 2.74 bits per heavy atom. The molecule has 3 aliphatic rings. The Kier molecular flexibility index (Phi) is 4.16. The molecule has 0 spiro atoms. The van der Waals surface area contributed by atoms with Gasteiger partial charge in [-0.25, -0.2) is 9.97 Å². The van der Waals surface area contributed by atoms with Crippen molar-refractivity contribution in [2.24, 2.45) is 30.5 Å². The second-order valence-electron chi connectivity index (χ2n) is 10.2. The number of hydrogen-bond donors (Lipinski definition) is 1. The van der Waals surface area contributed by atoms with Gasteiger partial charge in [0, 0.05) is 49.9 Å². The third-order valence-corrected chi connectivity index (χ3v) is 7.97. The summed E-state index contributed by atoms with van der Waals surface area (Å²) in [5, 5.41) is 1.11. The highest BCUT2D eigenvalue weighted by atomic mass is 16.5. The molecule has 1 aromatic carbocycles. The maximum atomic E-state index is 13.3. The van der Waals surface area contributed by atoms with Gasteiger partial charge in [-0.3, -0.25) is 4.79 Å². The summed E-state index contributed by atoms with van der Waals surface area (Å²) in [6.07, 6.45) is 4.37. The van der Waals surface area contributed by atoms with Crippen LogP contribution < -0.4 is 10.5 Å². The van der Waals surface area contributed by atoms with Crippen LogP contribution in [0.1, 0.15) is 23.2 Å². The molecular formula is C26H28N6O2. The van der Waals surface area contributed by atoms with Gasteiger partial charge in [-0.1, -0.05) is 0 Å². The van der Waals surface area contributed by atoms with Crippen LogP contribution in [-0.2, 0) is 13.6 Å². The van der Waals surface area contributed by atoms with Crippen LogP contribution in [0.5, 0.6) is 5.75 Å². The number of imidazole rings is 1. The number of pyridine rings is 1. The highest BCUT2D eigenvalue weighted by Gasteiger charge is 2.54. The van der Waals surface area contributed by atoms with Gasteiger partial charge in [0.05, 0.1) is 18.3 Å². The molecular weight excluding hydrogens is 428 g/mol. The normalized spacial score (nSPS) is 23.6. The summed E-state index contributed by atoms with van der Waals surface area (Å²) >= 11 is 0. The van der Waals surface area contributed by atoms with E-state index in [2.05, 4.69) is 26.3 Å². The molecule has 4 heterocycles. The number of nitrogens with zero attached hydrogens (tertiary/aromatic N) is 5. The third kappa shape index (κ3) is 2.91. The fourth-order valence-electron chi connectivity index (χ4n) is 5.76. The summed E-state index contributed by atoms with van der Waals surface area (Å²) in [4.78, 5) is 24.9. The number of aromatic nitrogens is 4. The largest absolute Gasteiger partial charge is 0.494 e. The Morgan fingerprint density at radius 2 is 2.00 bits per heavy atom. The van der Waals surface area contributed by atoms with Gasteiger partial charge in [0.2, 0.25) is 0 Å². The van der Waals surface area contributed by atoms with E-state index in [0.29, 0.717) is 29.1 Å². The fraction of sp³-hybridized carbons (Fsp3) is 0.423. The Labute approximate surface area is 197 Å². The molecule has 8 nitrogen and oxygen atoms in total. The molecule has 2 saturated carbocycles. The van der Waals surface area contributed by atoms with Gasteiger partial charge in [-0.2, -0.15) is 0 Å². The van der Waals surface area contributed by atoms with Gasteiger partial charge in [0.1, 0.15) is 16.9 Å². The average Bonchev–Trinajstić information content (AvgIpc) is 3.60. The van der Waals surface area contributed by atoms with Crippen LogP contribution in [0.25, 0.3) is 33.6 Å². The van der Waals surface area contributed by atoms with Gasteiger partial charge in [-0.15, -0.1) is 0 Å². The van der Waals surface area contributed by atoms with Gasteiger partial charge >= 0.3 is 0 Å². The maximum Gasteiger partial charge on any atom is 0.254 e. The molecule has 3 atom stereocenters. The number of likely N-dealkylation sites (tertiary alicyclic amines) is 1. The van der Waals surface area contributed by atoms with Crippen LogP contribution in [0.15, 0.2) is 36.5 Å². The summed E-state index contributed by atoms with van der Waals surface area (Å²) in [6.45, 7) is 2.43. The number of nitrogens with two attached hydrogens (primary N) is 1. The first-order valence-electron chi connectivity index (χ1n) is 12.1. The number of carbonyl (C=O) groups is 1. The minimum Gasteiger partial charge on any atom is -0.494 e. The molecule has 1 amide bonds. The molecule has 8 heteroatoms. The molecule has 1 unspecified atom stereocenters. The van der Waals surface area contributed by atoms with Gasteiger partial charge in [-0.05, 0) is 60.9 Å². The number of fused-ring (bicyclic) bond motifs is 3. The van der Waals surface area contributed by atoms with Crippen molar-refractivity contribution in [3.63, 3.8) is 0 Å². The van der Waals surface area contributed by atoms with E-state index in [9.17, 15) is 4.79 Å². The predicted octanol–water partition coefficient (Wildman–Crippen LogP) is 3.04. The average molecular weight is 457 g/mol. The summed E-state index contributed by atoms with van der Waals surface area (Å²) < 4.78 is 10.1. The molecule has 4 aromatic rings. The Bertz CT molecular complexity index is 1450. The molecule has 1 saturated heterocycles. The molecule has 2 aliphatic carbocycles. The van der Waals surface area contributed by atoms with Gasteiger partial charge < -0.3 is 24.5 Å². The monoisotopic (exact) mass is 456 g/mol. The lowest BCUT2D eigenvalue weighted by Crippen LogP contribution is -2.33. The second kappa shape index (κ2) is 7.06. The van der Waals surface area contributed by atoms with E-state index in [1.165, 1.54) is 12.8 Å². The SMILES string of the molecule is COc1cc(C(=O)N2C[C@@H]3C(N)[C@@H]3C2)cc2nc(-c3cc4cccnc4n3CC3CC3)n(C)c12. The quantitative estimate of drug-likeness (QED) is 0.498. The predicted molar refractivity (Wildman–Crippen MR) is 130 cm³/mol. The van der Waals surface area contributed by atoms with E-state index in [4.69, 9.17) is 15.5 Å². The lowest BCUT2D eigenvalue weighted by atomic mass is 10.1. The van der Waals surface area contributed by atoms with E-state index in [-0.39, 0.29) is 11.9 Å². The smallest absolute Gasteiger partial charge is 0.254 e. The fourth-order valence-corrected chi connectivity index (χ4v) is 5.76. The van der Waals surface area contributed by atoms with Crippen molar-refractivity contribution >= 4 is 28.0 Å². The van der Waals surface area contributed by atoms with Crippen LogP contribution >= 0.6 is 0 Å². The molecule has 3 fully saturated rings. The lowest BCUT2D eigenvalue weighted by Gasteiger charge is -2.19. The zero-order valence-corrected chi connectivity index (χ0v) is 19.4. The third-order valence-electron chi connectivity index (χ3n) is 7.97. The highest BCUT2D eigenvalue weighted by Crippen LogP contribution is 2.44. The van der Waals surface area contributed by atoms with Crippen LogP contribution in [0.4, 0.5) is 0 Å². The second-order valence-corrected chi connectivity index (χ2v) is 10.2. The molecule has 0 bridgehead atoms. The van der Waals surface area contributed by atoms with E-state index < -0.39 is 0 Å². The molecule has 0 radical (unpaired) electrons. The molecule has 1 aliphatic heterocycles. The number of aryl methyl sites for hydroxylation is 1. The van der Waals surface area contributed by atoms with Gasteiger partial charge in [0.25, 0.3) is 5.91 Å². The summed E-state index contributed by atoms with van der Waals surface area (Å²) in [7, 11) is 3.66. The number of carbonyl (C=O) groups excluding carboxylic acids is 1. The minimum absolute atomic E-state index is 0.0267. The first-order valence-corrected chi connectivity index (χ1v) is 12.1. The number of ether oxygens (including phenoxy) is 1. The highest BCUT2D eigenvalue weighted by molar-refractivity contribution is 6.00. The Balaban J connectivity index is 1.34. The lowest BCUT2D eigenvalue weighted by molar-refractivity contribution is 0.0773. The Hall–Kier alpha value is -3.39. The van der Waals surface area contributed by atoms with E-state index >= 15 is 0 Å². The summed E-state index contributed by atoms with van der Waals surface area (Å²) in [5.74, 6) is 3.15. The topological polar surface area (TPSA) is 91.2 Å². The number of rotatable bonds is 5. The summed E-state index contributed by atoms with van der Waals surface area (Å²) in [5.41, 5.74) is 10.4. The van der Waals surface area contributed by atoms with Crippen molar-refractivity contribution in [3.8, 4) is 17.3 Å². The summed E-state index contributed by atoms with van der Waals surface area (Å²) in [6, 6.07) is 10.3. The van der Waals surface area contributed by atoms with Crippen molar-refractivity contribution in [2.45, 2.75) is 25.4 Å². The molecule has 2 N–H and O–H groups in total. The first kappa shape index (κ1) is 20.0. The number of methoxy groups -OCH3 is 1. The van der Waals surface area contributed by atoms with Crippen molar-refractivity contribution in [2.75, 3.05) is 20.2 Å². The standard InChI is InChI=1S/C26H28N6O2/c1-30-23-19(8-16(10-21(23)34-2)26(33)31-12-17-18(13-31)22(17)27)29-25(30)20-9-15-4-3-7-28-24(15)32(20)11-14-5-6-14/h3-4,7-10,14,17-18,22H,5-6,11-13,27H2,1-2H3/t17-,18+,22?. The number of amides is 1. The number of benzene rings is 1. The number of piperidine rings is 1. The van der Waals surface area contributed by atoms with E-state index in [1.807, 2.05) is 36.3 Å². The zero-order chi connectivity index (χ0) is 23.1. The molecule has 7 rings (SSSR count). The molecule has 3 aromatic heterocycles. The van der Waals surface area contributed by atoms with E-state index in [1.54, 1.807) is 7.11 Å². The van der Waals surface area contributed by atoms with Crippen LogP contribution in [0.3, 0.4) is 0 Å². The molecule has 34 heavy (non-hydrogen) atoms. The van der Waals surface area contributed by atoms with Crippen molar-refractivity contribution in [1.29, 1.82) is 0 Å². The van der Waals surface area contributed by atoms with Crippen molar-refractivity contribution < 1.29 is 9.53 Å². The van der Waals surface area contributed by atoms with Crippen LogP contribution in [0.2, 0.25) is 0 Å². The van der Waals surface area contributed by atoms with Crippen molar-refractivity contribution in [1.82, 2.24) is 24.0 Å². The zero-order valence-electron chi connectivity index (χ0n) is 19.4. The van der Waals surface area contributed by atoms with Gasteiger partial charge in [0.15, 0.2) is 5.82 Å². The first-order chi connectivity index (χ1) is 16.5. The molecule has 174 valence electrons. The maximum absolute atomic E-state index is 13.3. The van der Waals surface area contributed by atoms with Crippen LogP contribution in [-0.4, -0.2) is 56.2 Å². The van der Waals surface area contributed by atoms with Crippen LogP contribution in [0, 0.1) is 17.8 Å². The Morgan fingerprint density at radius 1 is 1.21 bits per heavy atom.